The van der Waals surface area contributed by atoms with Gasteiger partial charge in [-0.25, -0.2) is 0 Å². The van der Waals surface area contributed by atoms with E-state index in [1.165, 1.54) is 0 Å². The molecule has 0 saturated carbocycles. The lowest BCUT2D eigenvalue weighted by Crippen LogP contribution is -2.15. The SMILES string of the molecule is CCCNc1ccncc1C(=O)Nc1ccc(C)cc1Br. The van der Waals surface area contributed by atoms with Crippen LogP contribution in [-0.2, 0) is 0 Å². The van der Waals surface area contributed by atoms with Gasteiger partial charge in [-0.3, -0.25) is 9.78 Å². The van der Waals surface area contributed by atoms with Crippen molar-refractivity contribution in [2.45, 2.75) is 20.3 Å². The second kappa shape index (κ2) is 7.22. The van der Waals surface area contributed by atoms with E-state index < -0.39 is 0 Å². The number of halogens is 1. The van der Waals surface area contributed by atoms with Crippen molar-refractivity contribution in [3.05, 3.63) is 52.3 Å². The zero-order valence-electron chi connectivity index (χ0n) is 12.1. The van der Waals surface area contributed by atoms with E-state index in [-0.39, 0.29) is 5.91 Å². The van der Waals surface area contributed by atoms with Crippen LogP contribution in [0.1, 0.15) is 29.3 Å². The highest BCUT2D eigenvalue weighted by atomic mass is 79.9. The highest BCUT2D eigenvalue weighted by Crippen LogP contribution is 2.24. The van der Waals surface area contributed by atoms with Gasteiger partial charge in [-0.05, 0) is 53.0 Å². The molecule has 2 aromatic rings. The molecule has 4 nitrogen and oxygen atoms in total. The number of hydrogen-bond donors (Lipinski definition) is 2. The van der Waals surface area contributed by atoms with Gasteiger partial charge in [0, 0.05) is 23.4 Å². The predicted molar refractivity (Wildman–Crippen MR) is 89.8 cm³/mol. The summed E-state index contributed by atoms with van der Waals surface area (Å²) in [6.45, 7) is 4.90. The lowest BCUT2D eigenvalue weighted by Gasteiger charge is -2.12. The fourth-order valence-corrected chi connectivity index (χ4v) is 2.49. The molecule has 0 saturated heterocycles. The summed E-state index contributed by atoms with van der Waals surface area (Å²) in [4.78, 5) is 16.5. The first-order chi connectivity index (χ1) is 10.1. The smallest absolute Gasteiger partial charge is 0.259 e. The maximum absolute atomic E-state index is 12.4. The fraction of sp³-hybridized carbons (Fsp3) is 0.250. The molecule has 1 aromatic heterocycles. The van der Waals surface area contributed by atoms with Crippen LogP contribution in [0, 0.1) is 6.92 Å². The predicted octanol–water partition coefficient (Wildman–Crippen LogP) is 4.23. The minimum absolute atomic E-state index is 0.175. The van der Waals surface area contributed by atoms with Crippen LogP contribution in [0.4, 0.5) is 11.4 Å². The van der Waals surface area contributed by atoms with Gasteiger partial charge < -0.3 is 10.6 Å². The van der Waals surface area contributed by atoms with Crippen molar-refractivity contribution in [2.75, 3.05) is 17.2 Å². The molecule has 0 bridgehead atoms. The molecule has 110 valence electrons. The molecule has 0 spiro atoms. The van der Waals surface area contributed by atoms with E-state index in [4.69, 9.17) is 0 Å². The Balaban J connectivity index is 2.20. The monoisotopic (exact) mass is 347 g/mol. The number of aryl methyl sites for hydroxylation is 1. The van der Waals surface area contributed by atoms with Crippen LogP contribution in [0.2, 0.25) is 0 Å². The average Bonchev–Trinajstić information content (AvgIpc) is 2.48. The fourth-order valence-electron chi connectivity index (χ4n) is 1.90. The van der Waals surface area contributed by atoms with Gasteiger partial charge in [0.2, 0.25) is 0 Å². The van der Waals surface area contributed by atoms with Gasteiger partial charge in [-0.1, -0.05) is 13.0 Å². The molecule has 0 atom stereocenters. The van der Waals surface area contributed by atoms with Crippen LogP contribution in [0.15, 0.2) is 41.1 Å². The van der Waals surface area contributed by atoms with E-state index in [1.54, 1.807) is 12.4 Å². The van der Waals surface area contributed by atoms with Crippen LogP contribution in [0.25, 0.3) is 0 Å². The van der Waals surface area contributed by atoms with Crippen molar-refractivity contribution >= 4 is 33.2 Å². The van der Waals surface area contributed by atoms with E-state index in [9.17, 15) is 4.79 Å². The third kappa shape index (κ3) is 4.04. The average molecular weight is 348 g/mol. The Morgan fingerprint density at radius 2 is 2.10 bits per heavy atom. The first kappa shape index (κ1) is 15.5. The van der Waals surface area contributed by atoms with E-state index in [0.29, 0.717) is 5.56 Å². The van der Waals surface area contributed by atoms with Gasteiger partial charge in [0.05, 0.1) is 16.9 Å². The Bertz CT molecular complexity index is 643. The summed E-state index contributed by atoms with van der Waals surface area (Å²) < 4.78 is 0.864. The molecule has 5 heteroatoms. The zero-order chi connectivity index (χ0) is 15.2. The number of carbonyl (C=O) groups is 1. The summed E-state index contributed by atoms with van der Waals surface area (Å²) in [5.74, 6) is -0.175. The van der Waals surface area contributed by atoms with Crippen LogP contribution >= 0.6 is 15.9 Å². The van der Waals surface area contributed by atoms with Crippen molar-refractivity contribution < 1.29 is 4.79 Å². The van der Waals surface area contributed by atoms with Crippen LogP contribution in [0.5, 0.6) is 0 Å². The second-order valence-electron chi connectivity index (χ2n) is 4.79. The third-order valence-corrected chi connectivity index (χ3v) is 3.66. The normalized spacial score (nSPS) is 10.2. The van der Waals surface area contributed by atoms with Crippen molar-refractivity contribution in [3.63, 3.8) is 0 Å². The maximum Gasteiger partial charge on any atom is 0.259 e. The number of benzene rings is 1. The molecule has 0 aliphatic carbocycles. The number of amides is 1. The summed E-state index contributed by atoms with van der Waals surface area (Å²) >= 11 is 3.46. The lowest BCUT2D eigenvalue weighted by atomic mass is 10.2. The zero-order valence-corrected chi connectivity index (χ0v) is 13.7. The summed E-state index contributed by atoms with van der Waals surface area (Å²) in [5.41, 5.74) is 3.22. The van der Waals surface area contributed by atoms with Gasteiger partial charge in [-0.15, -0.1) is 0 Å². The van der Waals surface area contributed by atoms with Gasteiger partial charge in [0.15, 0.2) is 0 Å². The van der Waals surface area contributed by atoms with Crippen molar-refractivity contribution in [3.8, 4) is 0 Å². The van der Waals surface area contributed by atoms with E-state index in [2.05, 4.69) is 38.5 Å². The maximum atomic E-state index is 12.4. The molecule has 1 aromatic carbocycles. The number of nitrogens with one attached hydrogen (secondary N) is 2. The van der Waals surface area contributed by atoms with Crippen LogP contribution in [0.3, 0.4) is 0 Å². The van der Waals surface area contributed by atoms with E-state index in [1.807, 2.05) is 31.2 Å². The Morgan fingerprint density at radius 1 is 1.29 bits per heavy atom. The van der Waals surface area contributed by atoms with Crippen molar-refractivity contribution in [2.24, 2.45) is 0 Å². The largest absolute Gasteiger partial charge is 0.384 e. The standard InChI is InChI=1S/C16H18BrN3O/c1-3-7-19-14-6-8-18-10-12(14)16(21)20-15-5-4-11(2)9-13(15)17/h4-6,8-10H,3,7H2,1-2H3,(H,18,19)(H,20,21). The van der Waals surface area contributed by atoms with Gasteiger partial charge in [0.25, 0.3) is 5.91 Å². The van der Waals surface area contributed by atoms with Crippen molar-refractivity contribution in [1.82, 2.24) is 4.98 Å². The van der Waals surface area contributed by atoms with E-state index >= 15 is 0 Å². The Morgan fingerprint density at radius 3 is 2.81 bits per heavy atom. The van der Waals surface area contributed by atoms with Crippen LogP contribution < -0.4 is 10.6 Å². The number of anilines is 2. The molecule has 0 aliphatic rings. The molecule has 2 rings (SSSR count). The third-order valence-electron chi connectivity index (χ3n) is 3.00. The summed E-state index contributed by atoms with van der Waals surface area (Å²) in [5, 5.41) is 6.15. The van der Waals surface area contributed by atoms with Gasteiger partial charge in [0.1, 0.15) is 0 Å². The Labute approximate surface area is 133 Å². The minimum Gasteiger partial charge on any atom is -0.384 e. The van der Waals surface area contributed by atoms with Gasteiger partial charge in [-0.2, -0.15) is 0 Å². The molecule has 0 fully saturated rings. The minimum atomic E-state index is -0.175. The number of pyridine rings is 1. The molecule has 0 aliphatic heterocycles. The number of hydrogen-bond acceptors (Lipinski definition) is 3. The second-order valence-corrected chi connectivity index (χ2v) is 5.64. The summed E-state index contributed by atoms with van der Waals surface area (Å²) in [7, 11) is 0. The molecule has 0 radical (unpaired) electrons. The first-order valence-corrected chi connectivity index (χ1v) is 7.66. The molecular formula is C16H18BrN3O. The number of carbonyl (C=O) groups excluding carboxylic acids is 1. The summed E-state index contributed by atoms with van der Waals surface area (Å²) in [6.07, 6.45) is 4.25. The van der Waals surface area contributed by atoms with Crippen LogP contribution in [-0.4, -0.2) is 17.4 Å². The molecule has 21 heavy (non-hydrogen) atoms. The van der Waals surface area contributed by atoms with E-state index in [0.717, 1.165) is 34.4 Å². The molecular weight excluding hydrogens is 330 g/mol. The highest BCUT2D eigenvalue weighted by Gasteiger charge is 2.12. The first-order valence-electron chi connectivity index (χ1n) is 6.87. The summed E-state index contributed by atoms with van der Waals surface area (Å²) in [6, 6.07) is 7.62. The molecule has 0 unspecified atom stereocenters. The topological polar surface area (TPSA) is 54.0 Å². The highest BCUT2D eigenvalue weighted by molar-refractivity contribution is 9.10. The molecule has 1 amide bonds. The molecule has 2 N–H and O–H groups in total. The quantitative estimate of drug-likeness (QED) is 0.850. The number of aromatic nitrogens is 1. The lowest BCUT2D eigenvalue weighted by molar-refractivity contribution is 0.102. The van der Waals surface area contributed by atoms with Gasteiger partial charge >= 0.3 is 0 Å². The Kier molecular flexibility index (Phi) is 5.33. The number of rotatable bonds is 5. The van der Waals surface area contributed by atoms with Crippen molar-refractivity contribution in [1.29, 1.82) is 0 Å². The Hall–Kier alpha value is -1.88. The number of nitrogens with zero attached hydrogens (tertiary/aromatic N) is 1. The molecule has 1 heterocycles.